The van der Waals surface area contributed by atoms with Gasteiger partial charge in [0.1, 0.15) is 16.8 Å². The highest BCUT2D eigenvalue weighted by Gasteiger charge is 2.44. The first-order valence-electron chi connectivity index (χ1n) is 8.30. The summed E-state index contributed by atoms with van der Waals surface area (Å²) in [7, 11) is -4.16. The molecule has 140 valence electrons. The number of carbonyl (C=O) groups excluding carboxylic acids is 2. The van der Waals surface area contributed by atoms with Crippen molar-refractivity contribution in [3.05, 3.63) is 90.0 Å². The maximum absolute atomic E-state index is 13.9. The number of fused-ring (bicyclic) bond motifs is 1. The Morgan fingerprint density at radius 3 is 1.79 bits per heavy atom. The normalized spacial score (nSPS) is 13.4. The maximum atomic E-state index is 13.9. The third-order valence-electron chi connectivity index (χ3n) is 4.10. The van der Waals surface area contributed by atoms with Crippen LogP contribution in [-0.4, -0.2) is 22.1 Å². The number of carbonyl (C=O) groups is 2. The predicted octanol–water partition coefficient (Wildman–Crippen LogP) is 3.65. The van der Waals surface area contributed by atoms with Gasteiger partial charge in [0.15, 0.2) is 0 Å². The van der Waals surface area contributed by atoms with Crippen molar-refractivity contribution in [3.63, 3.8) is 0 Å². The smallest absolute Gasteiger partial charge is 0.413 e. The third-order valence-corrected chi connectivity index (χ3v) is 5.97. The monoisotopic (exact) mass is 395 g/mol. The van der Waals surface area contributed by atoms with E-state index in [1.54, 1.807) is 60.7 Å². The summed E-state index contributed by atoms with van der Waals surface area (Å²) < 4.78 is 25.3. The minimum absolute atomic E-state index is 0.0104. The number of imide groups is 1. The van der Waals surface area contributed by atoms with Crippen molar-refractivity contribution >= 4 is 24.7 Å². The van der Waals surface area contributed by atoms with Crippen LogP contribution in [0.3, 0.4) is 0 Å². The van der Waals surface area contributed by atoms with Gasteiger partial charge in [-0.2, -0.15) is 0 Å². The van der Waals surface area contributed by atoms with E-state index in [2.05, 4.69) is 0 Å². The van der Waals surface area contributed by atoms with Crippen LogP contribution in [0.2, 0.25) is 0 Å². The number of hydrogen-bond donors (Lipinski definition) is 1. The molecule has 0 unspecified atom stereocenters. The van der Waals surface area contributed by atoms with Crippen LogP contribution < -0.4 is 14.4 Å². The Hall–Kier alpha value is -3.41. The third kappa shape index (κ3) is 3.07. The molecule has 1 N–H and O–H groups in total. The molecule has 0 spiro atoms. The van der Waals surface area contributed by atoms with Crippen LogP contribution in [-0.2, 0) is 4.57 Å². The SMILES string of the molecule is O=C1c2cccc(P(=O)(Oc3ccccc3)Oc3ccccc3)c2C(=O)N1O. The molecule has 0 bridgehead atoms. The van der Waals surface area contributed by atoms with Crippen molar-refractivity contribution in [1.82, 2.24) is 5.06 Å². The molecule has 3 aromatic carbocycles. The topological polar surface area (TPSA) is 93.1 Å². The van der Waals surface area contributed by atoms with Crippen molar-refractivity contribution < 1.29 is 28.4 Å². The molecular formula is C20H14NO6P. The van der Waals surface area contributed by atoms with E-state index < -0.39 is 19.4 Å². The zero-order valence-corrected chi connectivity index (χ0v) is 15.3. The average molecular weight is 395 g/mol. The molecular weight excluding hydrogens is 381 g/mol. The zero-order valence-electron chi connectivity index (χ0n) is 14.4. The summed E-state index contributed by atoms with van der Waals surface area (Å²) >= 11 is 0. The number of amides is 2. The number of nitrogens with zero attached hydrogens (tertiary/aromatic N) is 1. The van der Waals surface area contributed by atoms with Gasteiger partial charge in [-0.1, -0.05) is 42.5 Å². The van der Waals surface area contributed by atoms with Crippen LogP contribution in [0.5, 0.6) is 11.5 Å². The Labute approximate surface area is 160 Å². The molecule has 0 fully saturated rings. The van der Waals surface area contributed by atoms with Crippen LogP contribution in [0.1, 0.15) is 20.7 Å². The Morgan fingerprint density at radius 1 is 0.714 bits per heavy atom. The first kappa shape index (κ1) is 18.0. The fraction of sp³-hybridized carbons (Fsp3) is 0. The second-order valence-electron chi connectivity index (χ2n) is 5.93. The quantitative estimate of drug-likeness (QED) is 0.403. The van der Waals surface area contributed by atoms with E-state index in [4.69, 9.17) is 9.05 Å². The summed E-state index contributed by atoms with van der Waals surface area (Å²) in [5.41, 5.74) is -0.274. The summed E-state index contributed by atoms with van der Waals surface area (Å²) in [4.78, 5) is 24.5. The van der Waals surface area contributed by atoms with Crippen molar-refractivity contribution in [2.75, 3.05) is 0 Å². The van der Waals surface area contributed by atoms with E-state index in [1.807, 2.05) is 0 Å². The van der Waals surface area contributed by atoms with Gasteiger partial charge in [0.05, 0.1) is 11.1 Å². The molecule has 0 saturated heterocycles. The molecule has 0 radical (unpaired) electrons. The molecule has 0 aliphatic carbocycles. The van der Waals surface area contributed by atoms with Gasteiger partial charge in [-0.25, -0.2) is 4.57 Å². The Morgan fingerprint density at radius 2 is 1.25 bits per heavy atom. The summed E-state index contributed by atoms with van der Waals surface area (Å²) in [5.74, 6) is -1.36. The largest absolute Gasteiger partial charge is 0.463 e. The first-order chi connectivity index (χ1) is 13.5. The summed E-state index contributed by atoms with van der Waals surface area (Å²) in [6.45, 7) is 0. The summed E-state index contributed by atoms with van der Waals surface area (Å²) in [6, 6.07) is 20.9. The minimum atomic E-state index is -4.16. The molecule has 0 atom stereocenters. The number of rotatable bonds is 5. The molecule has 7 nitrogen and oxygen atoms in total. The molecule has 1 aliphatic heterocycles. The highest BCUT2D eigenvalue weighted by atomic mass is 31.2. The average Bonchev–Trinajstić information content (AvgIpc) is 2.94. The number of hydrogen-bond acceptors (Lipinski definition) is 6. The lowest BCUT2D eigenvalue weighted by atomic mass is 10.1. The van der Waals surface area contributed by atoms with E-state index in [0.717, 1.165) is 0 Å². The van der Waals surface area contributed by atoms with Crippen molar-refractivity contribution in [3.8, 4) is 11.5 Å². The molecule has 0 aromatic heterocycles. The molecule has 4 rings (SSSR count). The van der Waals surface area contributed by atoms with Gasteiger partial charge in [-0.05, 0) is 36.4 Å². The number of para-hydroxylation sites is 2. The standard InChI is InChI=1S/C20H14NO6P/c22-19-16-12-7-13-17(18(16)20(23)21(19)24)28(25,26-14-8-3-1-4-9-14)27-15-10-5-2-6-11-15/h1-13,24H. The van der Waals surface area contributed by atoms with Gasteiger partial charge < -0.3 is 9.05 Å². The van der Waals surface area contributed by atoms with Crippen LogP contribution in [0.4, 0.5) is 0 Å². The van der Waals surface area contributed by atoms with E-state index in [1.165, 1.54) is 18.2 Å². The van der Waals surface area contributed by atoms with Crippen molar-refractivity contribution in [2.24, 2.45) is 0 Å². The van der Waals surface area contributed by atoms with Crippen LogP contribution >= 0.6 is 7.60 Å². The van der Waals surface area contributed by atoms with Gasteiger partial charge in [0, 0.05) is 0 Å². The van der Waals surface area contributed by atoms with E-state index in [0.29, 0.717) is 0 Å². The molecule has 28 heavy (non-hydrogen) atoms. The molecule has 2 amide bonds. The molecule has 8 heteroatoms. The van der Waals surface area contributed by atoms with Crippen LogP contribution in [0.15, 0.2) is 78.9 Å². The summed E-state index contributed by atoms with van der Waals surface area (Å²) in [6.07, 6.45) is 0. The Balaban J connectivity index is 1.87. The minimum Gasteiger partial charge on any atom is -0.413 e. The van der Waals surface area contributed by atoms with Gasteiger partial charge in [0.2, 0.25) is 0 Å². The van der Waals surface area contributed by atoms with Crippen LogP contribution in [0, 0.1) is 0 Å². The lowest BCUT2D eigenvalue weighted by Gasteiger charge is -2.21. The highest BCUT2D eigenvalue weighted by molar-refractivity contribution is 7.63. The van der Waals surface area contributed by atoms with Gasteiger partial charge >= 0.3 is 7.60 Å². The van der Waals surface area contributed by atoms with Crippen molar-refractivity contribution in [1.29, 1.82) is 0 Å². The van der Waals surface area contributed by atoms with E-state index in [-0.39, 0.29) is 33.0 Å². The highest BCUT2D eigenvalue weighted by Crippen LogP contribution is 2.49. The predicted molar refractivity (Wildman–Crippen MR) is 100 cm³/mol. The first-order valence-corrected chi connectivity index (χ1v) is 9.84. The van der Waals surface area contributed by atoms with Gasteiger partial charge in [0.25, 0.3) is 11.8 Å². The second kappa shape index (κ2) is 6.96. The van der Waals surface area contributed by atoms with E-state index >= 15 is 0 Å². The fourth-order valence-corrected chi connectivity index (χ4v) is 4.63. The number of hydroxylamine groups is 2. The Bertz CT molecular complexity index is 1050. The fourth-order valence-electron chi connectivity index (χ4n) is 2.84. The second-order valence-corrected chi connectivity index (χ2v) is 7.77. The van der Waals surface area contributed by atoms with Gasteiger partial charge in [-0.3, -0.25) is 14.8 Å². The lowest BCUT2D eigenvalue weighted by Crippen LogP contribution is -2.27. The number of benzene rings is 3. The van der Waals surface area contributed by atoms with Gasteiger partial charge in [-0.15, -0.1) is 5.06 Å². The lowest BCUT2D eigenvalue weighted by molar-refractivity contribution is -0.0326. The van der Waals surface area contributed by atoms with E-state index in [9.17, 15) is 19.4 Å². The summed E-state index contributed by atoms with van der Waals surface area (Å²) in [5, 5.41) is 9.61. The zero-order chi connectivity index (χ0) is 19.7. The van der Waals surface area contributed by atoms with Crippen LogP contribution in [0.25, 0.3) is 0 Å². The molecule has 1 heterocycles. The maximum Gasteiger partial charge on any atom is 0.463 e. The molecule has 3 aromatic rings. The molecule has 1 aliphatic rings. The molecule has 0 saturated carbocycles. The van der Waals surface area contributed by atoms with Crippen molar-refractivity contribution in [2.45, 2.75) is 0 Å². The Kier molecular flexibility index (Phi) is 4.47.